The van der Waals surface area contributed by atoms with Crippen LogP contribution >= 0.6 is 0 Å². The fourth-order valence-corrected chi connectivity index (χ4v) is 4.46. The Morgan fingerprint density at radius 3 is 1.80 bits per heavy atom. The molecule has 0 atom stereocenters. The van der Waals surface area contributed by atoms with Crippen LogP contribution < -0.4 is 9.47 Å². The Kier molecular flexibility index (Phi) is 15.9. The first-order valence-corrected chi connectivity index (χ1v) is 14.6. The van der Waals surface area contributed by atoms with E-state index in [9.17, 15) is 24.6 Å². The smallest absolute Gasteiger partial charge is 0.323 e. The number of amides is 1. The molecule has 0 aliphatic carbocycles. The first kappa shape index (κ1) is 32.7. The summed E-state index contributed by atoms with van der Waals surface area (Å²) in [7, 11) is 0. The molecule has 2 rings (SSSR count). The van der Waals surface area contributed by atoms with Crippen molar-refractivity contribution in [2.45, 2.75) is 90.6 Å². The highest BCUT2D eigenvalue weighted by Crippen LogP contribution is 2.27. The molecule has 0 aliphatic heterocycles. The van der Waals surface area contributed by atoms with Crippen LogP contribution in [0.2, 0.25) is 0 Å². The molecule has 0 spiro atoms. The highest BCUT2D eigenvalue weighted by atomic mass is 16.5. The van der Waals surface area contributed by atoms with Crippen LogP contribution in [0.5, 0.6) is 11.5 Å². The number of hydrogen-bond donors (Lipinski definition) is 2. The molecule has 0 bridgehead atoms. The Morgan fingerprint density at radius 1 is 0.700 bits per heavy atom. The molecule has 8 nitrogen and oxygen atoms in total. The third-order valence-electron chi connectivity index (χ3n) is 6.62. The molecule has 2 aromatic carbocycles. The van der Waals surface area contributed by atoms with E-state index < -0.39 is 30.9 Å². The first-order valence-electron chi connectivity index (χ1n) is 14.6. The predicted molar refractivity (Wildman–Crippen MR) is 155 cm³/mol. The monoisotopic (exact) mass is 555 g/mol. The maximum atomic E-state index is 13.3. The fraction of sp³-hybridized carbons (Fsp3) is 0.531. The van der Waals surface area contributed by atoms with Gasteiger partial charge in [-0.05, 0) is 30.2 Å². The summed E-state index contributed by atoms with van der Waals surface area (Å²) >= 11 is 0. The van der Waals surface area contributed by atoms with Gasteiger partial charge in [0.15, 0.2) is 0 Å². The molecule has 0 saturated carbocycles. The van der Waals surface area contributed by atoms with Crippen molar-refractivity contribution in [3.05, 3.63) is 59.7 Å². The van der Waals surface area contributed by atoms with Gasteiger partial charge in [-0.25, -0.2) is 0 Å². The van der Waals surface area contributed by atoms with Crippen LogP contribution in [-0.2, 0) is 16.2 Å². The molecule has 2 N–H and O–H groups in total. The van der Waals surface area contributed by atoms with Gasteiger partial charge in [0.2, 0.25) is 0 Å². The van der Waals surface area contributed by atoms with E-state index in [2.05, 4.69) is 6.92 Å². The van der Waals surface area contributed by atoms with E-state index >= 15 is 0 Å². The molecule has 1 amide bonds. The van der Waals surface area contributed by atoms with E-state index in [0.717, 1.165) is 29.7 Å². The van der Waals surface area contributed by atoms with Crippen molar-refractivity contribution in [1.29, 1.82) is 0 Å². The molecule has 40 heavy (non-hydrogen) atoms. The van der Waals surface area contributed by atoms with Crippen LogP contribution in [0.25, 0.3) is 0 Å². The summed E-state index contributed by atoms with van der Waals surface area (Å²) in [5, 5.41) is 18.4. The molecule has 0 heterocycles. The number of rotatable bonds is 22. The maximum Gasteiger partial charge on any atom is 0.323 e. The van der Waals surface area contributed by atoms with Crippen molar-refractivity contribution in [2.75, 3.05) is 19.7 Å². The standard InChI is InChI=1S/C32H45NO7/c1-2-3-4-5-6-7-8-9-10-11-12-16-21-39-27-19-20-29(40-25-26-17-14-13-15-18-26)28(22-27)32(38)33(23-30(34)35)24-31(36)37/h13-15,17-20,22H,2-12,16,21,23-25H2,1H3,(H,34,35)(H,36,37). The largest absolute Gasteiger partial charge is 0.494 e. The lowest BCUT2D eigenvalue weighted by Crippen LogP contribution is -2.39. The molecule has 220 valence electrons. The third kappa shape index (κ3) is 13.5. The normalized spacial score (nSPS) is 10.7. The van der Waals surface area contributed by atoms with E-state index in [1.165, 1.54) is 63.9 Å². The summed E-state index contributed by atoms with van der Waals surface area (Å²) in [4.78, 5) is 36.6. The van der Waals surface area contributed by atoms with Gasteiger partial charge in [-0.2, -0.15) is 0 Å². The van der Waals surface area contributed by atoms with Crippen LogP contribution in [0, 0.1) is 0 Å². The molecule has 0 radical (unpaired) electrons. The van der Waals surface area contributed by atoms with E-state index in [1.807, 2.05) is 30.3 Å². The van der Waals surface area contributed by atoms with Gasteiger partial charge >= 0.3 is 11.9 Å². The summed E-state index contributed by atoms with van der Waals surface area (Å²) < 4.78 is 11.8. The zero-order valence-electron chi connectivity index (χ0n) is 23.8. The SMILES string of the molecule is CCCCCCCCCCCCCCOc1ccc(OCc2ccccc2)c(C(=O)N(CC(=O)O)CC(=O)O)c1. The Bertz CT molecular complexity index is 1010. The van der Waals surface area contributed by atoms with Crippen LogP contribution in [0.1, 0.15) is 99.9 Å². The van der Waals surface area contributed by atoms with Gasteiger partial charge < -0.3 is 24.6 Å². The Morgan fingerprint density at radius 2 is 1.25 bits per heavy atom. The number of hydrogen-bond acceptors (Lipinski definition) is 5. The van der Waals surface area contributed by atoms with E-state index in [0.29, 0.717) is 12.4 Å². The molecule has 0 aliphatic rings. The number of ether oxygens (including phenoxy) is 2. The van der Waals surface area contributed by atoms with Gasteiger partial charge in [0, 0.05) is 0 Å². The van der Waals surface area contributed by atoms with Gasteiger partial charge in [-0.15, -0.1) is 0 Å². The molecule has 0 aromatic heterocycles. The number of benzene rings is 2. The lowest BCUT2D eigenvalue weighted by Gasteiger charge is -2.21. The third-order valence-corrected chi connectivity index (χ3v) is 6.62. The quantitative estimate of drug-likeness (QED) is 0.151. The average molecular weight is 556 g/mol. The van der Waals surface area contributed by atoms with Crippen LogP contribution in [0.15, 0.2) is 48.5 Å². The minimum absolute atomic E-state index is 0.0608. The number of nitrogens with zero attached hydrogens (tertiary/aromatic N) is 1. The Balaban J connectivity index is 1.90. The zero-order valence-corrected chi connectivity index (χ0v) is 23.8. The van der Waals surface area contributed by atoms with Crippen LogP contribution in [0.3, 0.4) is 0 Å². The minimum atomic E-state index is -1.30. The van der Waals surface area contributed by atoms with E-state index in [4.69, 9.17) is 9.47 Å². The first-order chi connectivity index (χ1) is 19.4. The topological polar surface area (TPSA) is 113 Å². The Hall–Kier alpha value is -3.55. The fourth-order valence-electron chi connectivity index (χ4n) is 4.46. The molecule has 2 aromatic rings. The molecular formula is C32H45NO7. The average Bonchev–Trinajstić information content (AvgIpc) is 2.94. The van der Waals surface area contributed by atoms with Crippen molar-refractivity contribution in [3.8, 4) is 11.5 Å². The summed E-state index contributed by atoms with van der Waals surface area (Å²) in [6.07, 6.45) is 14.9. The summed E-state index contributed by atoms with van der Waals surface area (Å²) in [6, 6.07) is 14.2. The van der Waals surface area contributed by atoms with Crippen molar-refractivity contribution < 1.29 is 34.1 Å². The van der Waals surface area contributed by atoms with Crippen molar-refractivity contribution in [2.24, 2.45) is 0 Å². The Labute approximate surface area is 238 Å². The van der Waals surface area contributed by atoms with Crippen molar-refractivity contribution in [3.63, 3.8) is 0 Å². The lowest BCUT2D eigenvalue weighted by atomic mass is 10.1. The van der Waals surface area contributed by atoms with E-state index in [1.54, 1.807) is 12.1 Å². The number of unbranched alkanes of at least 4 members (excludes halogenated alkanes) is 11. The molecule has 0 saturated heterocycles. The van der Waals surface area contributed by atoms with Gasteiger partial charge in [-0.3, -0.25) is 14.4 Å². The number of carbonyl (C=O) groups excluding carboxylic acids is 1. The van der Waals surface area contributed by atoms with Gasteiger partial charge in [0.1, 0.15) is 31.2 Å². The van der Waals surface area contributed by atoms with Gasteiger partial charge in [0.05, 0.1) is 12.2 Å². The number of carboxylic acids is 2. The lowest BCUT2D eigenvalue weighted by molar-refractivity contribution is -0.140. The number of aliphatic carboxylic acids is 2. The summed E-state index contributed by atoms with van der Waals surface area (Å²) in [5.74, 6) is -2.68. The summed E-state index contributed by atoms with van der Waals surface area (Å²) in [6.45, 7) is 1.44. The second-order valence-corrected chi connectivity index (χ2v) is 10.1. The second kappa shape index (κ2) is 19.5. The second-order valence-electron chi connectivity index (χ2n) is 10.1. The summed E-state index contributed by atoms with van der Waals surface area (Å²) in [5.41, 5.74) is 0.951. The van der Waals surface area contributed by atoms with Crippen LogP contribution in [0.4, 0.5) is 0 Å². The van der Waals surface area contributed by atoms with Gasteiger partial charge in [-0.1, -0.05) is 108 Å². The zero-order chi connectivity index (χ0) is 29.0. The van der Waals surface area contributed by atoms with Gasteiger partial charge in [0.25, 0.3) is 5.91 Å². The highest BCUT2D eigenvalue weighted by Gasteiger charge is 2.25. The molecular weight excluding hydrogens is 510 g/mol. The molecule has 0 unspecified atom stereocenters. The van der Waals surface area contributed by atoms with Crippen molar-refractivity contribution in [1.82, 2.24) is 4.90 Å². The van der Waals surface area contributed by atoms with Crippen molar-refractivity contribution >= 4 is 17.8 Å². The minimum Gasteiger partial charge on any atom is -0.494 e. The highest BCUT2D eigenvalue weighted by molar-refractivity contribution is 6.00. The number of carbonyl (C=O) groups is 3. The molecule has 0 fully saturated rings. The van der Waals surface area contributed by atoms with E-state index in [-0.39, 0.29) is 17.9 Å². The number of carboxylic acid groups (broad SMARTS) is 2. The van der Waals surface area contributed by atoms with Crippen LogP contribution in [-0.4, -0.2) is 52.7 Å². The molecule has 8 heteroatoms. The predicted octanol–water partition coefficient (Wildman–Crippen LogP) is 6.96. The maximum absolute atomic E-state index is 13.3.